The molecule has 20 heavy (non-hydrogen) atoms. The molecule has 2 N–H and O–H groups in total. The lowest BCUT2D eigenvalue weighted by atomic mass is 10.0. The minimum Gasteiger partial charge on any atom is -0.404 e. The van der Waals surface area contributed by atoms with E-state index in [2.05, 4.69) is 4.52 Å². The summed E-state index contributed by atoms with van der Waals surface area (Å²) in [5, 5.41) is -0.0410. The van der Waals surface area contributed by atoms with E-state index in [9.17, 15) is 4.57 Å². The molecule has 108 valence electrons. The van der Waals surface area contributed by atoms with Crippen LogP contribution in [0, 0.1) is 0 Å². The molecule has 0 aliphatic rings. The Labute approximate surface area is 132 Å². The van der Waals surface area contributed by atoms with E-state index in [4.69, 9.17) is 23.5 Å². The zero-order valence-corrected chi connectivity index (χ0v) is 11.0. The largest absolute Gasteiger partial charge is 0.524 e. The lowest BCUT2D eigenvalue weighted by molar-refractivity contribution is 0.284. The van der Waals surface area contributed by atoms with E-state index >= 15 is 0 Å². The molecular weight excluding hydrogens is 277 g/mol. The Kier molecular flexibility index (Phi) is 1.95. The minimum absolute atomic E-state index is 0.201. The van der Waals surface area contributed by atoms with E-state index in [0.29, 0.717) is 0 Å². The number of phosphoric ester groups is 1. The van der Waals surface area contributed by atoms with Gasteiger partial charge in [-0.1, -0.05) is 30.3 Å². The van der Waals surface area contributed by atoms with Gasteiger partial charge in [-0.2, -0.15) is 0 Å². The van der Waals surface area contributed by atoms with Crippen LogP contribution in [-0.4, -0.2) is 35.1 Å². The molecule has 0 aliphatic carbocycles. The molecule has 0 fully saturated rings. The van der Waals surface area contributed by atoms with Crippen LogP contribution in [0.4, 0.5) is 0 Å². The maximum atomic E-state index is 11.3. The number of hydrogen-bond acceptors (Lipinski definition) is 3. The monoisotopic (exact) mass is 305 g/mol. The van der Waals surface area contributed by atoms with Crippen LogP contribution < -0.4 is 4.52 Å². The normalized spacial score (nSPS) is 22.1. The van der Waals surface area contributed by atoms with Gasteiger partial charge in [0.1, 0.15) is 5.75 Å². The SMILES string of the molecule is [2H]C([2H])([2H])N(C([2H])([2H])[2H])C([2H])([2H])C([2H])([2H])c1cccc2cccc(OP(=O)(O)O)c12. The quantitative estimate of drug-likeness (QED) is 0.830. The highest BCUT2D eigenvalue weighted by Crippen LogP contribution is 2.41. The zero-order valence-electron chi connectivity index (χ0n) is 20.1. The first-order valence-electron chi connectivity index (χ1n) is 10.4. The van der Waals surface area contributed by atoms with Gasteiger partial charge < -0.3 is 9.42 Å². The Morgan fingerprint density at radius 1 is 1.30 bits per heavy atom. The number of fused-ring (bicyclic) bond motifs is 1. The van der Waals surface area contributed by atoms with E-state index in [1.807, 2.05) is 0 Å². The molecule has 0 unspecified atom stereocenters. The average Bonchev–Trinajstić information content (AvgIpc) is 2.49. The molecule has 0 aromatic heterocycles. The highest BCUT2D eigenvalue weighted by Gasteiger charge is 2.18. The van der Waals surface area contributed by atoms with Gasteiger partial charge in [0.15, 0.2) is 0 Å². The van der Waals surface area contributed by atoms with Crippen LogP contribution >= 0.6 is 7.82 Å². The van der Waals surface area contributed by atoms with E-state index < -0.39 is 50.9 Å². The maximum absolute atomic E-state index is 11.3. The molecule has 0 saturated carbocycles. The van der Waals surface area contributed by atoms with Crippen LogP contribution in [0.1, 0.15) is 19.3 Å². The van der Waals surface area contributed by atoms with Crippen molar-refractivity contribution in [2.75, 3.05) is 20.4 Å². The van der Waals surface area contributed by atoms with Gasteiger partial charge in [-0.05, 0) is 37.3 Å². The van der Waals surface area contributed by atoms with Gasteiger partial charge in [-0.15, -0.1) is 0 Å². The highest BCUT2D eigenvalue weighted by atomic mass is 31.2. The summed E-state index contributed by atoms with van der Waals surface area (Å²) in [6.07, 6.45) is -3.27. The van der Waals surface area contributed by atoms with Gasteiger partial charge >= 0.3 is 7.82 Å². The van der Waals surface area contributed by atoms with Crippen LogP contribution in [-0.2, 0) is 10.9 Å². The summed E-state index contributed by atoms with van der Waals surface area (Å²) < 4.78 is 93.6. The lowest BCUT2D eigenvalue weighted by Crippen LogP contribution is -2.15. The Morgan fingerprint density at radius 3 is 2.65 bits per heavy atom. The van der Waals surface area contributed by atoms with Gasteiger partial charge in [0, 0.05) is 25.6 Å². The van der Waals surface area contributed by atoms with Crippen molar-refractivity contribution in [1.29, 1.82) is 0 Å². The van der Waals surface area contributed by atoms with Gasteiger partial charge in [0.05, 0.1) is 0 Å². The van der Waals surface area contributed by atoms with Crippen LogP contribution in [0.5, 0.6) is 5.75 Å². The summed E-state index contributed by atoms with van der Waals surface area (Å²) in [5.41, 5.74) is -0.549. The number of aryl methyl sites for hydroxylation is 1. The molecule has 0 atom stereocenters. The molecule has 6 heteroatoms. The van der Waals surface area contributed by atoms with Crippen molar-refractivity contribution >= 4 is 18.6 Å². The summed E-state index contributed by atoms with van der Waals surface area (Å²) in [6, 6.07) is 7.71. The van der Waals surface area contributed by atoms with Gasteiger partial charge in [-0.3, -0.25) is 9.79 Å². The third kappa shape index (κ3) is 3.81. The number of rotatable bonds is 5. The second-order valence-electron chi connectivity index (χ2n) is 3.81. The fraction of sp³-hybridized carbons (Fsp3) is 0.286. The molecule has 0 radical (unpaired) electrons. The van der Waals surface area contributed by atoms with Crippen molar-refractivity contribution in [2.24, 2.45) is 0 Å². The second-order valence-corrected chi connectivity index (χ2v) is 4.98. The van der Waals surface area contributed by atoms with Crippen molar-refractivity contribution in [1.82, 2.24) is 4.90 Å². The molecule has 0 bridgehead atoms. The van der Waals surface area contributed by atoms with E-state index in [-0.39, 0.29) is 10.8 Å². The standard InChI is InChI=1S/C14H18NO4P/c1-15(2)10-9-12-6-3-5-11-7-4-8-13(14(11)12)19-20(16,17)18/h3-8H,9-10H2,1-2H3,(H2,16,17,18)/i1D3,2D3,9D2,10D2. The number of hydrogen-bond donors (Lipinski definition) is 2. The van der Waals surface area contributed by atoms with Gasteiger partial charge in [0.2, 0.25) is 0 Å². The van der Waals surface area contributed by atoms with E-state index in [1.165, 1.54) is 24.3 Å². The maximum Gasteiger partial charge on any atom is 0.524 e. The van der Waals surface area contributed by atoms with Crippen LogP contribution in [0.25, 0.3) is 10.8 Å². The minimum atomic E-state index is -5.08. The van der Waals surface area contributed by atoms with E-state index in [1.54, 1.807) is 0 Å². The first-order chi connectivity index (χ1) is 13.3. The van der Waals surface area contributed by atoms with Crippen molar-refractivity contribution in [3.05, 3.63) is 42.0 Å². The molecule has 0 saturated heterocycles. The number of nitrogens with zero attached hydrogens (tertiary/aromatic N) is 1. The fourth-order valence-electron chi connectivity index (χ4n) is 1.73. The van der Waals surface area contributed by atoms with Crippen LogP contribution in [0.15, 0.2) is 36.4 Å². The molecule has 2 rings (SSSR count). The zero-order chi connectivity index (χ0) is 23.3. The lowest BCUT2D eigenvalue weighted by Gasteiger charge is -2.15. The van der Waals surface area contributed by atoms with Gasteiger partial charge in [0.25, 0.3) is 0 Å². The first kappa shape index (κ1) is 6.58. The Balaban J connectivity index is 2.82. The smallest absolute Gasteiger partial charge is 0.404 e. The summed E-state index contributed by atoms with van der Waals surface area (Å²) in [4.78, 5) is 17.8. The molecule has 0 amide bonds. The third-order valence-corrected chi connectivity index (χ3v) is 2.82. The first-order valence-corrected chi connectivity index (χ1v) is 6.91. The van der Waals surface area contributed by atoms with Crippen molar-refractivity contribution in [3.63, 3.8) is 0 Å². The predicted molar refractivity (Wildman–Crippen MR) is 78.9 cm³/mol. The third-order valence-electron chi connectivity index (χ3n) is 2.39. The van der Waals surface area contributed by atoms with Crippen molar-refractivity contribution in [3.8, 4) is 5.75 Å². The number of phosphoric acid groups is 1. The highest BCUT2D eigenvalue weighted by molar-refractivity contribution is 7.46. The Morgan fingerprint density at radius 2 is 2.00 bits per heavy atom. The van der Waals surface area contributed by atoms with Gasteiger partial charge in [-0.25, -0.2) is 4.57 Å². The van der Waals surface area contributed by atoms with E-state index in [0.717, 1.165) is 12.1 Å². The Hall–Kier alpha value is -1.39. The number of benzene rings is 2. The number of likely N-dealkylation sites (N-methyl/N-ethyl adjacent to an activating group) is 1. The molecular formula is C14H18NO4P. The molecule has 0 spiro atoms. The average molecular weight is 305 g/mol. The molecule has 5 nitrogen and oxygen atoms in total. The molecule has 2 aromatic rings. The molecule has 0 heterocycles. The summed E-state index contributed by atoms with van der Waals surface area (Å²) in [5.74, 6) is -0.481. The Bertz CT molecular complexity index is 966. The summed E-state index contributed by atoms with van der Waals surface area (Å²) in [7, 11) is -5.08. The molecule has 2 aromatic carbocycles. The molecule has 0 aliphatic heterocycles. The summed E-state index contributed by atoms with van der Waals surface area (Å²) in [6.45, 7) is -10.7. The van der Waals surface area contributed by atoms with Crippen molar-refractivity contribution < 1.29 is 32.6 Å². The summed E-state index contributed by atoms with van der Waals surface area (Å²) >= 11 is 0. The van der Waals surface area contributed by atoms with Crippen LogP contribution in [0.3, 0.4) is 0 Å². The fourth-order valence-corrected chi connectivity index (χ4v) is 2.14. The van der Waals surface area contributed by atoms with Crippen molar-refractivity contribution in [2.45, 2.75) is 6.37 Å². The second kappa shape index (κ2) is 5.94. The van der Waals surface area contributed by atoms with Crippen LogP contribution in [0.2, 0.25) is 0 Å². The predicted octanol–water partition coefficient (Wildman–Crippen LogP) is 2.42. The topological polar surface area (TPSA) is 70.0 Å².